The summed E-state index contributed by atoms with van der Waals surface area (Å²) in [4.78, 5) is 27.3. The van der Waals surface area contributed by atoms with E-state index >= 15 is 0 Å². The van der Waals surface area contributed by atoms with E-state index in [1.165, 1.54) is 18.4 Å². The van der Waals surface area contributed by atoms with Gasteiger partial charge >= 0.3 is 0 Å². The number of likely N-dealkylation sites (tertiary alicyclic amines) is 1. The molecule has 0 spiro atoms. The highest BCUT2D eigenvalue weighted by Crippen LogP contribution is 2.33. The third-order valence-corrected chi connectivity index (χ3v) is 7.01. The molecule has 3 fully saturated rings. The molecule has 0 radical (unpaired) electrons. The molecule has 2 N–H and O–H groups in total. The van der Waals surface area contributed by atoms with E-state index in [1.807, 2.05) is 11.0 Å². The highest BCUT2D eigenvalue weighted by molar-refractivity contribution is 5.83. The van der Waals surface area contributed by atoms with E-state index in [0.29, 0.717) is 13.1 Å². The monoisotopic (exact) mass is 397 g/mol. The van der Waals surface area contributed by atoms with Crippen molar-refractivity contribution >= 4 is 11.8 Å². The standard InChI is InChI=1S/C24H35N3O2/c1-18(19-8-3-2-4-9-19)26-24(13-5-6-14-24)17-25-22(28)21-10-7-15-27(16-21)23(29)20-11-12-20/h2-4,8-9,18,20-21,26H,5-7,10-17H2,1H3,(H,25,28). The van der Waals surface area contributed by atoms with Gasteiger partial charge in [0.2, 0.25) is 11.8 Å². The van der Waals surface area contributed by atoms with Gasteiger partial charge in [-0.25, -0.2) is 0 Å². The minimum atomic E-state index is -0.0588. The summed E-state index contributed by atoms with van der Waals surface area (Å²) in [6, 6.07) is 10.8. The van der Waals surface area contributed by atoms with E-state index in [4.69, 9.17) is 0 Å². The van der Waals surface area contributed by atoms with Crippen molar-refractivity contribution in [3.63, 3.8) is 0 Å². The van der Waals surface area contributed by atoms with Gasteiger partial charge < -0.3 is 15.5 Å². The lowest BCUT2D eigenvalue weighted by atomic mass is 9.93. The highest BCUT2D eigenvalue weighted by atomic mass is 16.2. The average molecular weight is 398 g/mol. The van der Waals surface area contributed by atoms with Gasteiger partial charge in [-0.15, -0.1) is 0 Å². The number of carbonyl (C=O) groups excluding carboxylic acids is 2. The lowest BCUT2D eigenvalue weighted by Gasteiger charge is -2.36. The Bertz CT molecular complexity index is 710. The Morgan fingerprint density at radius 3 is 2.48 bits per heavy atom. The molecular weight excluding hydrogens is 362 g/mol. The summed E-state index contributed by atoms with van der Waals surface area (Å²) >= 11 is 0. The molecule has 5 heteroatoms. The molecule has 1 aromatic carbocycles. The molecule has 0 aromatic heterocycles. The number of benzene rings is 1. The molecule has 2 amide bonds. The maximum absolute atomic E-state index is 12.9. The SMILES string of the molecule is CC(NC1(CNC(=O)C2CCCN(C(=O)C3CC3)C2)CCCC1)c1ccccc1. The number of carbonyl (C=O) groups is 2. The Hall–Kier alpha value is -1.88. The number of piperidine rings is 1. The van der Waals surface area contributed by atoms with E-state index in [9.17, 15) is 9.59 Å². The summed E-state index contributed by atoms with van der Waals surface area (Å²) in [7, 11) is 0. The van der Waals surface area contributed by atoms with Crippen LogP contribution in [0.5, 0.6) is 0 Å². The van der Waals surface area contributed by atoms with Crippen LogP contribution in [0.2, 0.25) is 0 Å². The van der Waals surface area contributed by atoms with Gasteiger partial charge in [0.25, 0.3) is 0 Å². The van der Waals surface area contributed by atoms with Gasteiger partial charge in [0.1, 0.15) is 0 Å². The normalized spacial score (nSPS) is 24.9. The Balaban J connectivity index is 1.33. The van der Waals surface area contributed by atoms with Crippen LogP contribution in [0.4, 0.5) is 0 Å². The molecular formula is C24H35N3O2. The van der Waals surface area contributed by atoms with Crippen molar-refractivity contribution in [2.45, 2.75) is 69.9 Å². The Morgan fingerprint density at radius 1 is 1.07 bits per heavy atom. The average Bonchev–Trinajstić information content (AvgIpc) is 3.52. The first-order chi connectivity index (χ1) is 14.1. The van der Waals surface area contributed by atoms with E-state index in [0.717, 1.165) is 45.1 Å². The maximum Gasteiger partial charge on any atom is 0.225 e. The van der Waals surface area contributed by atoms with E-state index in [2.05, 4.69) is 41.8 Å². The molecule has 1 heterocycles. The van der Waals surface area contributed by atoms with Crippen molar-refractivity contribution in [3.8, 4) is 0 Å². The van der Waals surface area contributed by atoms with Crippen molar-refractivity contribution in [2.24, 2.45) is 11.8 Å². The second kappa shape index (κ2) is 8.86. The van der Waals surface area contributed by atoms with Gasteiger partial charge in [-0.3, -0.25) is 9.59 Å². The topological polar surface area (TPSA) is 61.4 Å². The molecule has 29 heavy (non-hydrogen) atoms. The van der Waals surface area contributed by atoms with Gasteiger partial charge in [0.15, 0.2) is 0 Å². The Kier molecular flexibility index (Phi) is 6.23. The number of nitrogens with one attached hydrogen (secondary N) is 2. The van der Waals surface area contributed by atoms with Crippen LogP contribution in [0, 0.1) is 11.8 Å². The van der Waals surface area contributed by atoms with Gasteiger partial charge in [-0.1, -0.05) is 43.2 Å². The summed E-state index contributed by atoms with van der Waals surface area (Å²) in [6.45, 7) is 4.30. The lowest BCUT2D eigenvalue weighted by Crippen LogP contribution is -2.54. The van der Waals surface area contributed by atoms with Crippen LogP contribution in [0.15, 0.2) is 30.3 Å². The third kappa shape index (κ3) is 5.00. The van der Waals surface area contributed by atoms with Crippen LogP contribution >= 0.6 is 0 Å². The predicted octanol–water partition coefficient (Wildman–Crippen LogP) is 3.41. The second-order valence-corrected chi connectivity index (χ2v) is 9.38. The Labute approximate surface area is 174 Å². The van der Waals surface area contributed by atoms with Gasteiger partial charge in [-0.05, 0) is 51.0 Å². The summed E-state index contributed by atoms with van der Waals surface area (Å²) in [5, 5.41) is 7.09. The van der Waals surface area contributed by atoms with Crippen LogP contribution in [0.3, 0.4) is 0 Å². The molecule has 2 saturated carbocycles. The fourth-order valence-electron chi connectivity index (χ4n) is 5.09. The first-order valence-corrected chi connectivity index (χ1v) is 11.5. The number of nitrogens with zero attached hydrogens (tertiary/aromatic N) is 1. The van der Waals surface area contributed by atoms with Crippen LogP contribution in [0.1, 0.15) is 69.9 Å². The molecule has 1 aromatic rings. The van der Waals surface area contributed by atoms with Crippen molar-refractivity contribution < 1.29 is 9.59 Å². The minimum absolute atomic E-state index is 0.0247. The lowest BCUT2D eigenvalue weighted by molar-refractivity contribution is -0.136. The highest BCUT2D eigenvalue weighted by Gasteiger charge is 2.38. The predicted molar refractivity (Wildman–Crippen MR) is 114 cm³/mol. The molecule has 2 aliphatic carbocycles. The van der Waals surface area contributed by atoms with Crippen LogP contribution in [0.25, 0.3) is 0 Å². The second-order valence-electron chi connectivity index (χ2n) is 9.38. The summed E-state index contributed by atoms with van der Waals surface area (Å²) in [5.41, 5.74) is 1.26. The van der Waals surface area contributed by atoms with Crippen LogP contribution in [-0.4, -0.2) is 41.9 Å². The summed E-state index contributed by atoms with van der Waals surface area (Å²) in [5.74, 6) is 0.575. The van der Waals surface area contributed by atoms with Gasteiger partial charge in [0, 0.05) is 37.1 Å². The van der Waals surface area contributed by atoms with Gasteiger partial charge in [-0.2, -0.15) is 0 Å². The quantitative estimate of drug-likeness (QED) is 0.741. The van der Waals surface area contributed by atoms with E-state index in [1.54, 1.807) is 0 Å². The molecule has 2 unspecified atom stereocenters. The van der Waals surface area contributed by atoms with E-state index < -0.39 is 0 Å². The van der Waals surface area contributed by atoms with Crippen LogP contribution < -0.4 is 10.6 Å². The molecule has 1 aliphatic heterocycles. The van der Waals surface area contributed by atoms with Gasteiger partial charge in [0.05, 0.1) is 5.92 Å². The molecule has 0 bridgehead atoms. The zero-order valence-corrected chi connectivity index (χ0v) is 17.7. The molecule has 1 saturated heterocycles. The Morgan fingerprint density at radius 2 is 1.79 bits per heavy atom. The molecule has 4 rings (SSSR count). The third-order valence-electron chi connectivity index (χ3n) is 7.01. The molecule has 158 valence electrons. The number of hydrogen-bond acceptors (Lipinski definition) is 3. The fraction of sp³-hybridized carbons (Fsp3) is 0.667. The fourth-order valence-corrected chi connectivity index (χ4v) is 5.09. The zero-order valence-electron chi connectivity index (χ0n) is 17.7. The molecule has 3 aliphatic rings. The smallest absolute Gasteiger partial charge is 0.225 e. The summed E-state index contributed by atoms with van der Waals surface area (Å²) in [6.07, 6.45) is 8.49. The number of rotatable bonds is 7. The van der Waals surface area contributed by atoms with E-state index in [-0.39, 0.29) is 35.2 Å². The summed E-state index contributed by atoms with van der Waals surface area (Å²) < 4.78 is 0. The van der Waals surface area contributed by atoms with Crippen LogP contribution in [-0.2, 0) is 9.59 Å². The minimum Gasteiger partial charge on any atom is -0.354 e. The molecule has 5 nitrogen and oxygen atoms in total. The largest absolute Gasteiger partial charge is 0.354 e. The van der Waals surface area contributed by atoms with Crippen molar-refractivity contribution in [2.75, 3.05) is 19.6 Å². The number of amides is 2. The van der Waals surface area contributed by atoms with Crippen molar-refractivity contribution in [1.29, 1.82) is 0 Å². The molecule has 2 atom stereocenters. The zero-order chi connectivity index (χ0) is 20.3. The first kappa shape index (κ1) is 20.4. The van der Waals surface area contributed by atoms with Crippen molar-refractivity contribution in [3.05, 3.63) is 35.9 Å². The number of hydrogen-bond donors (Lipinski definition) is 2. The first-order valence-electron chi connectivity index (χ1n) is 11.5. The maximum atomic E-state index is 12.9. The van der Waals surface area contributed by atoms with Crippen molar-refractivity contribution in [1.82, 2.24) is 15.5 Å².